The van der Waals surface area contributed by atoms with E-state index in [0.717, 1.165) is 41.8 Å². The molecule has 0 saturated carbocycles. The van der Waals surface area contributed by atoms with Gasteiger partial charge in [0.05, 0.1) is 0 Å². The van der Waals surface area contributed by atoms with Gasteiger partial charge in [-0.05, 0) is 85.8 Å². The molecule has 0 aromatic heterocycles. The Kier molecular flexibility index (Phi) is 14.9. The summed E-state index contributed by atoms with van der Waals surface area (Å²) in [5, 5.41) is 15.1. The van der Waals surface area contributed by atoms with E-state index >= 15 is 0 Å². The molecule has 4 atom stereocenters. The van der Waals surface area contributed by atoms with Crippen molar-refractivity contribution in [2.75, 3.05) is 6.54 Å². The molecule has 0 aliphatic carbocycles. The standard InChI is InChI=1S/C43H47IN8O5/c1-26(53)49-36(23-27-14-18-34(44)19-15-27)40(55)51-38(25-29-13-17-31-8-3-5-10-33(31)22-29)42(57)52-37(24-28-12-16-30-7-2-4-9-32(30)21-28)41(56)50-35(39(45)54)11-6-20-48-43(46)47/h2-5,7-10,12-19,21-22,35-38H,6,11,20,23-25H2,1H3,(H2,45,54)(H,49,53)(H,50,56)(H,51,55)(H,52,57)(H4,46,47,48)/t35-,36+,37+,38+/m0/s1. The number of hydrogen-bond acceptors (Lipinski definition) is 6. The lowest BCUT2D eigenvalue weighted by molar-refractivity contribution is -0.134. The average molecular weight is 883 g/mol. The predicted octanol–water partition coefficient (Wildman–Crippen LogP) is 3.12. The van der Waals surface area contributed by atoms with E-state index in [1.165, 1.54) is 6.92 Å². The summed E-state index contributed by atoms with van der Waals surface area (Å²) < 4.78 is 1.01. The zero-order valence-electron chi connectivity index (χ0n) is 31.5. The summed E-state index contributed by atoms with van der Waals surface area (Å²) >= 11 is 2.19. The monoisotopic (exact) mass is 882 g/mol. The van der Waals surface area contributed by atoms with Gasteiger partial charge >= 0.3 is 0 Å². The van der Waals surface area contributed by atoms with Crippen molar-refractivity contribution < 1.29 is 24.0 Å². The minimum absolute atomic E-state index is 0.0554. The van der Waals surface area contributed by atoms with E-state index in [1.807, 2.05) is 109 Å². The van der Waals surface area contributed by atoms with Crippen molar-refractivity contribution in [3.63, 3.8) is 0 Å². The molecule has 0 heterocycles. The second kappa shape index (κ2) is 20.2. The van der Waals surface area contributed by atoms with E-state index in [9.17, 15) is 24.0 Å². The quantitative estimate of drug-likeness (QED) is 0.0301. The molecular weight excluding hydrogens is 835 g/mol. The molecule has 10 N–H and O–H groups in total. The van der Waals surface area contributed by atoms with Crippen LogP contribution in [0.25, 0.3) is 21.5 Å². The number of halogens is 1. The number of carbonyl (C=O) groups is 5. The summed E-state index contributed by atoms with van der Waals surface area (Å²) in [5.41, 5.74) is 18.9. The van der Waals surface area contributed by atoms with Gasteiger partial charge in [0, 0.05) is 36.3 Å². The number of nitrogens with zero attached hydrogens (tertiary/aromatic N) is 1. The Morgan fingerprint density at radius 3 is 1.44 bits per heavy atom. The van der Waals surface area contributed by atoms with Crippen LogP contribution < -0.4 is 38.5 Å². The van der Waals surface area contributed by atoms with Crippen LogP contribution in [0.3, 0.4) is 0 Å². The van der Waals surface area contributed by atoms with E-state index in [4.69, 9.17) is 17.2 Å². The Morgan fingerprint density at radius 1 is 0.561 bits per heavy atom. The second-order valence-corrected chi connectivity index (χ2v) is 15.1. The molecule has 296 valence electrons. The summed E-state index contributed by atoms with van der Waals surface area (Å²) in [7, 11) is 0. The van der Waals surface area contributed by atoms with Crippen molar-refractivity contribution in [2.24, 2.45) is 22.2 Å². The van der Waals surface area contributed by atoms with Crippen molar-refractivity contribution in [1.82, 2.24) is 21.3 Å². The second-order valence-electron chi connectivity index (χ2n) is 13.9. The molecule has 14 heteroatoms. The first-order chi connectivity index (χ1) is 27.3. The number of rotatable bonds is 18. The van der Waals surface area contributed by atoms with Crippen molar-refractivity contribution in [2.45, 2.75) is 63.2 Å². The molecule has 5 aromatic carbocycles. The maximum Gasteiger partial charge on any atom is 0.243 e. The van der Waals surface area contributed by atoms with Crippen LogP contribution in [0.5, 0.6) is 0 Å². The van der Waals surface area contributed by atoms with Gasteiger partial charge in [-0.25, -0.2) is 0 Å². The third-order valence-corrected chi connectivity index (χ3v) is 10.1. The van der Waals surface area contributed by atoms with Crippen LogP contribution in [0.1, 0.15) is 36.5 Å². The zero-order valence-corrected chi connectivity index (χ0v) is 33.7. The van der Waals surface area contributed by atoms with Gasteiger partial charge < -0.3 is 38.5 Å². The van der Waals surface area contributed by atoms with Crippen LogP contribution in [-0.2, 0) is 43.2 Å². The molecule has 57 heavy (non-hydrogen) atoms. The molecule has 5 rings (SSSR count). The molecule has 0 aliphatic rings. The van der Waals surface area contributed by atoms with E-state index in [-0.39, 0.29) is 38.2 Å². The summed E-state index contributed by atoms with van der Waals surface area (Å²) in [4.78, 5) is 71.3. The zero-order chi connectivity index (χ0) is 40.9. The van der Waals surface area contributed by atoms with Gasteiger partial charge in [-0.2, -0.15) is 0 Å². The summed E-state index contributed by atoms with van der Waals surface area (Å²) in [6.07, 6.45) is 0.806. The first-order valence-corrected chi connectivity index (χ1v) is 19.6. The van der Waals surface area contributed by atoms with Gasteiger partial charge in [0.15, 0.2) is 5.96 Å². The number of primary amides is 1. The molecule has 5 aromatic rings. The number of nitrogens with one attached hydrogen (secondary N) is 4. The van der Waals surface area contributed by atoms with Crippen molar-refractivity contribution >= 4 is 79.6 Å². The lowest BCUT2D eigenvalue weighted by Gasteiger charge is -2.26. The highest BCUT2D eigenvalue weighted by Crippen LogP contribution is 2.19. The summed E-state index contributed by atoms with van der Waals surface area (Å²) in [6.45, 7) is 1.54. The third kappa shape index (κ3) is 12.7. The van der Waals surface area contributed by atoms with Crippen molar-refractivity contribution in [3.8, 4) is 0 Å². The van der Waals surface area contributed by atoms with Crippen LogP contribution in [0, 0.1) is 3.57 Å². The summed E-state index contributed by atoms with van der Waals surface area (Å²) in [5.74, 6) is -3.14. The first kappa shape index (κ1) is 42.1. The largest absolute Gasteiger partial charge is 0.370 e. The molecule has 0 saturated heterocycles. The van der Waals surface area contributed by atoms with E-state index < -0.39 is 53.7 Å². The molecular formula is C43H47IN8O5. The van der Waals surface area contributed by atoms with Crippen LogP contribution in [0.2, 0.25) is 0 Å². The lowest BCUT2D eigenvalue weighted by Crippen LogP contribution is -2.59. The molecule has 13 nitrogen and oxygen atoms in total. The Labute approximate surface area is 344 Å². The lowest BCUT2D eigenvalue weighted by atomic mass is 9.98. The van der Waals surface area contributed by atoms with Gasteiger partial charge in [-0.3, -0.25) is 29.0 Å². The van der Waals surface area contributed by atoms with Gasteiger partial charge in [0.25, 0.3) is 0 Å². The van der Waals surface area contributed by atoms with Gasteiger partial charge in [-0.1, -0.05) is 97.1 Å². The number of aliphatic imine (C=N–C) groups is 1. The number of carbonyl (C=O) groups excluding carboxylic acids is 5. The van der Waals surface area contributed by atoms with E-state index in [1.54, 1.807) is 0 Å². The maximum absolute atomic E-state index is 14.5. The highest BCUT2D eigenvalue weighted by Gasteiger charge is 2.31. The van der Waals surface area contributed by atoms with E-state index in [2.05, 4.69) is 48.9 Å². The molecule has 0 fully saturated rings. The Morgan fingerprint density at radius 2 is 0.982 bits per heavy atom. The third-order valence-electron chi connectivity index (χ3n) is 9.43. The number of amides is 5. The van der Waals surface area contributed by atoms with Crippen molar-refractivity contribution in [3.05, 3.63) is 129 Å². The number of fused-ring (bicyclic) bond motifs is 2. The Balaban J connectivity index is 1.45. The SMILES string of the molecule is CC(=O)N[C@H](Cc1ccc(I)cc1)C(=O)N[C@H](Cc1ccc2ccccc2c1)C(=O)N[C@H](Cc1ccc2ccccc2c1)C(=O)N[C@@H](CCCN=C(N)N)C(N)=O. The molecule has 0 aliphatic heterocycles. The molecule has 0 radical (unpaired) electrons. The molecule has 0 spiro atoms. The van der Waals surface area contributed by atoms with Crippen LogP contribution in [0.4, 0.5) is 0 Å². The van der Waals surface area contributed by atoms with Crippen LogP contribution in [-0.4, -0.2) is 66.2 Å². The van der Waals surface area contributed by atoms with Gasteiger partial charge in [0.1, 0.15) is 24.2 Å². The minimum atomic E-state index is -1.19. The smallest absolute Gasteiger partial charge is 0.243 e. The van der Waals surface area contributed by atoms with Gasteiger partial charge in [0.2, 0.25) is 29.5 Å². The number of hydrogen-bond donors (Lipinski definition) is 7. The van der Waals surface area contributed by atoms with Gasteiger partial charge in [-0.15, -0.1) is 0 Å². The average Bonchev–Trinajstić information content (AvgIpc) is 3.18. The van der Waals surface area contributed by atoms with Crippen LogP contribution in [0.15, 0.2) is 114 Å². The normalized spacial score (nSPS) is 13.1. The minimum Gasteiger partial charge on any atom is -0.370 e. The maximum atomic E-state index is 14.5. The molecule has 0 unspecified atom stereocenters. The fraction of sp³-hybridized carbons (Fsp3) is 0.256. The fourth-order valence-electron chi connectivity index (χ4n) is 6.54. The predicted molar refractivity (Wildman–Crippen MR) is 231 cm³/mol. The van der Waals surface area contributed by atoms with E-state index in [0.29, 0.717) is 6.42 Å². The number of benzene rings is 5. The number of guanidine groups is 1. The molecule has 0 bridgehead atoms. The highest BCUT2D eigenvalue weighted by molar-refractivity contribution is 14.1. The fourth-order valence-corrected chi connectivity index (χ4v) is 6.90. The number of nitrogens with two attached hydrogens (primary N) is 3. The Bertz CT molecular complexity index is 2260. The van der Waals surface area contributed by atoms with Crippen molar-refractivity contribution in [1.29, 1.82) is 0 Å². The molecule has 5 amide bonds. The summed E-state index contributed by atoms with van der Waals surface area (Å²) in [6, 6.07) is 30.1. The van der Waals surface area contributed by atoms with Crippen LogP contribution >= 0.6 is 22.6 Å². The Hall–Kier alpha value is -6.03. The first-order valence-electron chi connectivity index (χ1n) is 18.6. The topological polar surface area (TPSA) is 224 Å². The highest BCUT2D eigenvalue weighted by atomic mass is 127.